The minimum atomic E-state index is -4.27. The van der Waals surface area contributed by atoms with Crippen LogP contribution in [0.4, 0.5) is 18.9 Å². The molecule has 0 aliphatic rings. The third-order valence-corrected chi connectivity index (χ3v) is 2.70. The molecular weight excluding hydrogens is 245 g/mol. The number of benzene rings is 1. The van der Waals surface area contributed by atoms with Crippen molar-refractivity contribution in [1.82, 2.24) is 4.57 Å². The number of nitrogens with one attached hydrogen (secondary N) is 1. The van der Waals surface area contributed by atoms with Crippen LogP contribution < -0.4 is 5.32 Å². The smallest absolute Gasteiger partial charge is 0.336 e. The second-order valence-electron chi connectivity index (χ2n) is 3.99. The molecule has 1 N–H and O–H groups in total. The van der Waals surface area contributed by atoms with Crippen LogP contribution in [0.25, 0.3) is 10.9 Å². The van der Waals surface area contributed by atoms with Gasteiger partial charge in [0.05, 0.1) is 5.52 Å². The predicted molar refractivity (Wildman–Crippen MR) is 62.4 cm³/mol. The minimum absolute atomic E-state index is 0.455. The molecule has 0 aliphatic heterocycles. The summed E-state index contributed by atoms with van der Waals surface area (Å²) >= 11 is 0. The molecule has 3 nitrogen and oxygen atoms in total. The van der Waals surface area contributed by atoms with Crippen LogP contribution in [0.5, 0.6) is 0 Å². The number of carbonyl (C=O) groups excluding carboxylic acids is 1. The zero-order chi connectivity index (χ0) is 13.3. The van der Waals surface area contributed by atoms with E-state index in [0.29, 0.717) is 28.7 Å². The summed E-state index contributed by atoms with van der Waals surface area (Å²) in [5.41, 5.74) is 1.46. The summed E-state index contributed by atoms with van der Waals surface area (Å²) in [6, 6.07) is 6.49. The van der Waals surface area contributed by atoms with Crippen molar-refractivity contribution in [3.8, 4) is 0 Å². The fourth-order valence-electron chi connectivity index (χ4n) is 2.00. The lowest BCUT2D eigenvalue weighted by atomic mass is 10.2. The van der Waals surface area contributed by atoms with E-state index in [1.54, 1.807) is 31.2 Å². The van der Waals surface area contributed by atoms with Crippen molar-refractivity contribution in [2.24, 2.45) is 0 Å². The minimum Gasteiger partial charge on any atom is -0.336 e. The molecule has 0 radical (unpaired) electrons. The van der Waals surface area contributed by atoms with Gasteiger partial charge in [-0.2, -0.15) is 13.2 Å². The number of alkyl halides is 3. The first kappa shape index (κ1) is 12.5. The van der Waals surface area contributed by atoms with Gasteiger partial charge in [-0.05, 0) is 25.1 Å². The van der Waals surface area contributed by atoms with Gasteiger partial charge in [-0.25, -0.2) is 0 Å². The molecule has 1 aromatic heterocycles. The van der Waals surface area contributed by atoms with Crippen LogP contribution in [0.15, 0.2) is 24.3 Å². The zero-order valence-electron chi connectivity index (χ0n) is 9.58. The number of carbonyl (C=O) groups is 1. The van der Waals surface area contributed by atoms with Gasteiger partial charge in [0, 0.05) is 16.8 Å². The van der Waals surface area contributed by atoms with Gasteiger partial charge in [-0.1, -0.05) is 6.07 Å². The van der Waals surface area contributed by atoms with E-state index >= 15 is 0 Å². The van der Waals surface area contributed by atoms with Crippen LogP contribution in [0.3, 0.4) is 0 Å². The Kier molecular flexibility index (Phi) is 3.02. The Morgan fingerprint density at radius 1 is 1.39 bits per heavy atom. The molecule has 0 aliphatic carbocycles. The van der Waals surface area contributed by atoms with E-state index in [1.807, 2.05) is 0 Å². The van der Waals surface area contributed by atoms with E-state index < -0.39 is 12.7 Å². The highest BCUT2D eigenvalue weighted by molar-refractivity contribution is 5.96. The van der Waals surface area contributed by atoms with Gasteiger partial charge >= 0.3 is 6.18 Å². The van der Waals surface area contributed by atoms with E-state index in [9.17, 15) is 18.0 Å². The number of nitrogens with zero attached hydrogens (tertiary/aromatic N) is 1. The highest BCUT2D eigenvalue weighted by Crippen LogP contribution is 2.29. The van der Waals surface area contributed by atoms with Gasteiger partial charge < -0.3 is 9.88 Å². The summed E-state index contributed by atoms with van der Waals surface area (Å²) in [5.74, 6) is 0. The Labute approximate surface area is 101 Å². The maximum Gasteiger partial charge on any atom is 0.406 e. The Bertz CT molecular complexity index is 587. The molecule has 0 unspecified atom stereocenters. The molecule has 2 rings (SSSR count). The van der Waals surface area contributed by atoms with E-state index in [-0.39, 0.29) is 0 Å². The Balaban J connectivity index is 2.58. The van der Waals surface area contributed by atoms with Crippen LogP contribution in [-0.4, -0.2) is 17.2 Å². The number of aryl methyl sites for hydroxylation is 1. The third kappa shape index (κ3) is 2.32. The monoisotopic (exact) mass is 256 g/mol. The van der Waals surface area contributed by atoms with Crippen molar-refractivity contribution in [3.63, 3.8) is 0 Å². The van der Waals surface area contributed by atoms with Crippen LogP contribution >= 0.6 is 0 Å². The summed E-state index contributed by atoms with van der Waals surface area (Å²) in [7, 11) is 0. The summed E-state index contributed by atoms with van der Waals surface area (Å²) in [5, 5.41) is 3.08. The van der Waals surface area contributed by atoms with Gasteiger partial charge in [0.15, 0.2) is 0 Å². The van der Waals surface area contributed by atoms with Crippen molar-refractivity contribution >= 4 is 23.0 Å². The molecule has 18 heavy (non-hydrogen) atoms. The van der Waals surface area contributed by atoms with Crippen molar-refractivity contribution in [3.05, 3.63) is 30.0 Å². The van der Waals surface area contributed by atoms with Gasteiger partial charge in [-0.15, -0.1) is 0 Å². The number of anilines is 1. The largest absolute Gasteiger partial charge is 0.406 e. The second-order valence-corrected chi connectivity index (χ2v) is 3.99. The van der Waals surface area contributed by atoms with Gasteiger partial charge in [0.2, 0.25) is 6.41 Å². The maximum atomic E-state index is 12.5. The van der Waals surface area contributed by atoms with Gasteiger partial charge in [0.1, 0.15) is 6.54 Å². The zero-order valence-corrected chi connectivity index (χ0v) is 9.58. The molecule has 6 heteroatoms. The molecular formula is C12H11F3N2O. The standard InChI is InChI=1S/C12H11F3N2O/c1-8-5-9-10(16-7-18)3-2-4-11(9)17(8)6-12(13,14)15/h2-5,7H,6H2,1H3,(H,16,18). The number of hydrogen-bond acceptors (Lipinski definition) is 1. The lowest BCUT2D eigenvalue weighted by Gasteiger charge is -2.11. The average Bonchev–Trinajstić information content (AvgIpc) is 2.56. The average molecular weight is 256 g/mol. The summed E-state index contributed by atoms with van der Waals surface area (Å²) in [6.45, 7) is 0.573. The fraction of sp³-hybridized carbons (Fsp3) is 0.250. The van der Waals surface area contributed by atoms with Crippen molar-refractivity contribution in [1.29, 1.82) is 0 Å². The van der Waals surface area contributed by atoms with Crippen molar-refractivity contribution in [2.75, 3.05) is 5.32 Å². The summed E-state index contributed by atoms with van der Waals surface area (Å²) in [6.07, 6.45) is -3.77. The summed E-state index contributed by atoms with van der Waals surface area (Å²) in [4.78, 5) is 10.4. The quantitative estimate of drug-likeness (QED) is 0.841. The van der Waals surface area contributed by atoms with Crippen LogP contribution in [0, 0.1) is 6.92 Å². The number of fused-ring (bicyclic) bond motifs is 1. The maximum absolute atomic E-state index is 12.5. The molecule has 1 heterocycles. The number of halogens is 3. The molecule has 0 saturated heterocycles. The fourth-order valence-corrected chi connectivity index (χ4v) is 2.00. The Morgan fingerprint density at radius 3 is 2.72 bits per heavy atom. The summed E-state index contributed by atoms with van der Waals surface area (Å²) < 4.78 is 38.6. The lowest BCUT2D eigenvalue weighted by Crippen LogP contribution is -2.18. The highest BCUT2D eigenvalue weighted by Gasteiger charge is 2.29. The molecule has 0 saturated carbocycles. The molecule has 1 amide bonds. The number of rotatable bonds is 3. The Hall–Kier alpha value is -1.98. The first-order valence-electron chi connectivity index (χ1n) is 5.28. The number of aromatic nitrogens is 1. The SMILES string of the molecule is Cc1cc2c(NC=O)cccc2n1CC(F)(F)F. The molecule has 0 spiro atoms. The number of hydrogen-bond donors (Lipinski definition) is 1. The van der Waals surface area contributed by atoms with E-state index in [4.69, 9.17) is 0 Å². The Morgan fingerprint density at radius 2 is 2.11 bits per heavy atom. The molecule has 96 valence electrons. The first-order chi connectivity index (χ1) is 8.42. The van der Waals surface area contributed by atoms with Gasteiger partial charge in [0.25, 0.3) is 0 Å². The third-order valence-electron chi connectivity index (χ3n) is 2.70. The topological polar surface area (TPSA) is 34.0 Å². The van der Waals surface area contributed by atoms with Crippen LogP contribution in [-0.2, 0) is 11.3 Å². The van der Waals surface area contributed by atoms with E-state index in [2.05, 4.69) is 5.32 Å². The van der Waals surface area contributed by atoms with Crippen molar-refractivity contribution < 1.29 is 18.0 Å². The molecule has 0 atom stereocenters. The lowest BCUT2D eigenvalue weighted by molar-refractivity contribution is -0.140. The van der Waals surface area contributed by atoms with E-state index in [1.165, 1.54) is 4.57 Å². The predicted octanol–water partition coefficient (Wildman–Crippen LogP) is 3.08. The highest BCUT2D eigenvalue weighted by atomic mass is 19.4. The molecule has 1 aromatic carbocycles. The van der Waals surface area contributed by atoms with Crippen LogP contribution in [0.2, 0.25) is 0 Å². The van der Waals surface area contributed by atoms with Gasteiger partial charge in [-0.3, -0.25) is 4.79 Å². The molecule has 2 aromatic rings. The molecule has 0 fully saturated rings. The first-order valence-corrected chi connectivity index (χ1v) is 5.28. The van der Waals surface area contributed by atoms with Crippen LogP contribution in [0.1, 0.15) is 5.69 Å². The van der Waals surface area contributed by atoms with Crippen molar-refractivity contribution in [2.45, 2.75) is 19.6 Å². The normalized spacial score (nSPS) is 11.8. The second kappa shape index (κ2) is 4.36. The van der Waals surface area contributed by atoms with E-state index in [0.717, 1.165) is 0 Å². The number of amides is 1. The molecule has 0 bridgehead atoms.